The molecule has 1 rings (SSSR count). The first-order valence-corrected chi connectivity index (χ1v) is 5.34. The second kappa shape index (κ2) is 7.40. The van der Waals surface area contributed by atoms with Gasteiger partial charge in [-0.25, -0.2) is 0 Å². The molecule has 1 saturated heterocycles. The molecule has 1 aliphatic rings. The van der Waals surface area contributed by atoms with Crippen molar-refractivity contribution in [3.05, 3.63) is 7.05 Å². The molecule has 1 fully saturated rings. The van der Waals surface area contributed by atoms with Crippen LogP contribution in [-0.2, 0) is 4.79 Å². The van der Waals surface area contributed by atoms with Crippen molar-refractivity contribution in [1.29, 1.82) is 0 Å². The van der Waals surface area contributed by atoms with Crippen LogP contribution < -0.4 is 51.4 Å². The van der Waals surface area contributed by atoms with Gasteiger partial charge in [-0.2, -0.15) is 0 Å². The van der Waals surface area contributed by atoms with Crippen molar-refractivity contribution in [2.45, 2.75) is 32.7 Å². The largest absolute Gasteiger partial charge is 1.00 e. The van der Waals surface area contributed by atoms with Gasteiger partial charge < -0.3 is 9.80 Å². The second-order valence-corrected chi connectivity index (χ2v) is 4.45. The Kier molecular flexibility index (Phi) is 7.93. The Bertz CT molecular complexity index is 201. The fourth-order valence-corrected chi connectivity index (χ4v) is 1.89. The van der Waals surface area contributed by atoms with E-state index in [9.17, 15) is 4.79 Å². The van der Waals surface area contributed by atoms with Crippen LogP contribution in [0.1, 0.15) is 26.7 Å². The van der Waals surface area contributed by atoms with Gasteiger partial charge >= 0.3 is 51.4 Å². The third kappa shape index (κ3) is 4.83. The summed E-state index contributed by atoms with van der Waals surface area (Å²) in [7, 11) is 5.82. The van der Waals surface area contributed by atoms with E-state index in [2.05, 4.69) is 11.9 Å². The maximum Gasteiger partial charge on any atom is 1.00 e. The predicted octanol–water partition coefficient (Wildman–Crippen LogP) is -1.64. The summed E-state index contributed by atoms with van der Waals surface area (Å²) in [5, 5.41) is 0. The van der Waals surface area contributed by atoms with Crippen LogP contribution in [0, 0.1) is 13.0 Å². The number of hydrogen-bond donors (Lipinski definition) is 0. The first-order chi connectivity index (χ1) is 6.52. The predicted molar refractivity (Wildman–Crippen MR) is 57.6 cm³/mol. The molecule has 0 aromatic rings. The number of nitrogens with zero attached hydrogens (tertiary/aromatic N) is 2. The van der Waals surface area contributed by atoms with E-state index in [0.717, 1.165) is 25.9 Å². The Morgan fingerprint density at radius 3 is 2.27 bits per heavy atom. The first-order valence-electron chi connectivity index (χ1n) is 5.34. The zero-order valence-corrected chi connectivity index (χ0v) is 13.6. The first kappa shape index (κ1) is 16.1. The molecule has 0 spiro atoms. The van der Waals surface area contributed by atoms with E-state index in [1.165, 1.54) is 0 Å². The van der Waals surface area contributed by atoms with Crippen molar-refractivity contribution < 1.29 is 56.2 Å². The molecular formula is C11H21KN2O. The number of hydrogen-bond acceptors (Lipinski definition) is 2. The van der Waals surface area contributed by atoms with Crippen molar-refractivity contribution in [3.8, 4) is 0 Å². The topological polar surface area (TPSA) is 23.6 Å². The summed E-state index contributed by atoms with van der Waals surface area (Å²) in [6, 6.07) is 0.419. The van der Waals surface area contributed by atoms with Crippen molar-refractivity contribution >= 4 is 5.91 Å². The Morgan fingerprint density at radius 1 is 1.40 bits per heavy atom. The molecule has 0 N–H and O–H groups in total. The Hall–Kier alpha value is 1.07. The third-order valence-electron chi connectivity index (χ3n) is 2.95. The molecule has 0 saturated carbocycles. The van der Waals surface area contributed by atoms with E-state index in [1.807, 2.05) is 25.8 Å². The van der Waals surface area contributed by atoms with Crippen LogP contribution in [0.4, 0.5) is 0 Å². The average Bonchev–Trinajstić information content (AvgIpc) is 2.16. The van der Waals surface area contributed by atoms with Gasteiger partial charge in [0, 0.05) is 19.0 Å². The fraction of sp³-hybridized carbons (Fsp3) is 0.818. The summed E-state index contributed by atoms with van der Waals surface area (Å²) in [4.78, 5) is 15.7. The molecule has 0 radical (unpaired) electrons. The molecule has 4 heteroatoms. The summed E-state index contributed by atoms with van der Waals surface area (Å²) >= 11 is 0. The van der Waals surface area contributed by atoms with E-state index in [-0.39, 0.29) is 63.2 Å². The van der Waals surface area contributed by atoms with Crippen molar-refractivity contribution in [2.24, 2.45) is 5.92 Å². The third-order valence-corrected chi connectivity index (χ3v) is 2.95. The van der Waals surface area contributed by atoms with Gasteiger partial charge in [-0.05, 0) is 25.9 Å². The fourth-order valence-electron chi connectivity index (χ4n) is 1.89. The molecule has 3 nitrogen and oxygen atoms in total. The van der Waals surface area contributed by atoms with Gasteiger partial charge in [0.15, 0.2) is 0 Å². The summed E-state index contributed by atoms with van der Waals surface area (Å²) in [6.07, 6.45) is 2.11. The molecule has 0 unspecified atom stereocenters. The number of carbonyl (C=O) groups excluding carboxylic acids is 1. The zero-order valence-electron chi connectivity index (χ0n) is 10.5. The van der Waals surface area contributed by atoms with Crippen LogP contribution in [-0.4, -0.2) is 41.9 Å². The molecule has 0 aromatic carbocycles. The smallest absolute Gasteiger partial charge is 0.459 e. The number of rotatable bonds is 2. The van der Waals surface area contributed by atoms with Crippen LogP contribution >= 0.6 is 0 Å². The van der Waals surface area contributed by atoms with Gasteiger partial charge in [0.1, 0.15) is 0 Å². The second-order valence-electron chi connectivity index (χ2n) is 4.45. The van der Waals surface area contributed by atoms with Crippen LogP contribution in [0.5, 0.6) is 0 Å². The minimum absolute atomic E-state index is 0. The summed E-state index contributed by atoms with van der Waals surface area (Å²) < 4.78 is 0. The maximum absolute atomic E-state index is 11.7. The molecule has 0 aliphatic carbocycles. The number of likely N-dealkylation sites (tertiary alicyclic amines) is 1. The van der Waals surface area contributed by atoms with E-state index >= 15 is 0 Å². The molecule has 82 valence electrons. The molecule has 0 aromatic heterocycles. The minimum atomic E-state index is 0. The molecule has 1 amide bonds. The quantitative estimate of drug-likeness (QED) is 0.424. The summed E-state index contributed by atoms with van der Waals surface area (Å²) in [6.45, 7) is 5.91. The number of carbonyl (C=O) groups is 1. The Balaban J connectivity index is 0.00000196. The van der Waals surface area contributed by atoms with Crippen LogP contribution in [0.3, 0.4) is 0 Å². The molecule has 1 aliphatic heterocycles. The molecule has 15 heavy (non-hydrogen) atoms. The van der Waals surface area contributed by atoms with Crippen molar-refractivity contribution in [2.75, 3.05) is 20.1 Å². The average molecular weight is 236 g/mol. The van der Waals surface area contributed by atoms with Gasteiger partial charge in [0.2, 0.25) is 5.91 Å². The van der Waals surface area contributed by atoms with E-state index < -0.39 is 0 Å². The van der Waals surface area contributed by atoms with E-state index in [4.69, 9.17) is 0 Å². The molecular weight excluding hydrogens is 215 g/mol. The van der Waals surface area contributed by atoms with Gasteiger partial charge in [-0.3, -0.25) is 11.8 Å². The van der Waals surface area contributed by atoms with Gasteiger partial charge in [-0.15, -0.1) is 0 Å². The maximum atomic E-state index is 11.7. The van der Waals surface area contributed by atoms with Crippen LogP contribution in [0.2, 0.25) is 0 Å². The standard InChI is InChI=1S/C11H21N2O.K/c1-9(2)11(14)13(4)10-5-7-12(3)8-6-10;/h9-10H,3,5-8H2,1-2,4H3;/q-1;+1. The number of amides is 1. The molecule has 1 heterocycles. The van der Waals surface area contributed by atoms with Gasteiger partial charge in [0.25, 0.3) is 0 Å². The van der Waals surface area contributed by atoms with Crippen LogP contribution in [0.15, 0.2) is 0 Å². The monoisotopic (exact) mass is 236 g/mol. The van der Waals surface area contributed by atoms with Crippen LogP contribution in [0.25, 0.3) is 0 Å². The minimum Gasteiger partial charge on any atom is -0.459 e. The van der Waals surface area contributed by atoms with Gasteiger partial charge in [-0.1, -0.05) is 13.8 Å². The van der Waals surface area contributed by atoms with E-state index in [0.29, 0.717) is 6.04 Å². The Labute approximate surface area is 136 Å². The zero-order chi connectivity index (χ0) is 10.7. The molecule has 0 atom stereocenters. The molecule has 0 bridgehead atoms. The van der Waals surface area contributed by atoms with E-state index in [1.54, 1.807) is 0 Å². The summed E-state index contributed by atoms with van der Waals surface area (Å²) in [5.74, 6) is 0.366. The van der Waals surface area contributed by atoms with Gasteiger partial charge in [0.05, 0.1) is 0 Å². The summed E-state index contributed by atoms with van der Waals surface area (Å²) in [5.41, 5.74) is 0. The van der Waals surface area contributed by atoms with Crippen molar-refractivity contribution in [3.63, 3.8) is 0 Å². The Morgan fingerprint density at radius 2 is 1.87 bits per heavy atom. The SMILES string of the molecule is [CH2-]N1CCC(N(C)C(=O)C(C)C)CC1.[K+]. The van der Waals surface area contributed by atoms with Crippen molar-refractivity contribution in [1.82, 2.24) is 9.80 Å². The number of piperidine rings is 1. The normalized spacial score (nSPS) is 18.7.